The number of fused-ring (bicyclic) bond motifs is 1. The smallest absolute Gasteiger partial charge is 1.00 e. The average Bonchev–Trinajstić information content (AvgIpc) is 3.01. The van der Waals surface area contributed by atoms with Crippen LogP contribution in [0.5, 0.6) is 0 Å². The number of hydrogen-bond donors (Lipinski definition) is 1. The van der Waals surface area contributed by atoms with Crippen molar-refractivity contribution in [3.8, 4) is 0 Å². The summed E-state index contributed by atoms with van der Waals surface area (Å²) in [6.45, 7) is 11.8. The molecule has 1 aliphatic carbocycles. The number of aromatic amines is 1. The molecule has 24 heavy (non-hydrogen) atoms. The van der Waals surface area contributed by atoms with Crippen molar-refractivity contribution in [3.63, 3.8) is 0 Å². The zero-order valence-electron chi connectivity index (χ0n) is 14.8. The van der Waals surface area contributed by atoms with Gasteiger partial charge in [0.1, 0.15) is 0 Å². The summed E-state index contributed by atoms with van der Waals surface area (Å²) >= 11 is -0.314. The van der Waals surface area contributed by atoms with Crippen LogP contribution >= 0.6 is 0 Å². The molecule has 0 fully saturated rings. The maximum absolute atomic E-state index is 3.74. The monoisotopic (exact) mass is 411 g/mol. The zero-order chi connectivity index (χ0) is 15.9. The third-order valence-corrected chi connectivity index (χ3v) is 8.05. The average molecular weight is 412 g/mol. The molecule has 0 saturated heterocycles. The van der Waals surface area contributed by atoms with Crippen LogP contribution in [0.4, 0.5) is 0 Å². The summed E-state index contributed by atoms with van der Waals surface area (Å²) in [5.74, 6) is 0. The van der Waals surface area contributed by atoms with E-state index in [1.165, 1.54) is 20.5 Å². The molecule has 0 amide bonds. The van der Waals surface area contributed by atoms with Gasteiger partial charge in [0.05, 0.1) is 0 Å². The van der Waals surface area contributed by atoms with Gasteiger partial charge in [0.25, 0.3) is 0 Å². The number of hydrogen-bond acceptors (Lipinski definition) is 0. The second-order valence-corrected chi connectivity index (χ2v) is 11.7. The summed E-state index contributed by atoms with van der Waals surface area (Å²) in [5.41, 5.74) is 2.99. The van der Waals surface area contributed by atoms with Crippen molar-refractivity contribution >= 4 is 28.5 Å². The van der Waals surface area contributed by atoms with E-state index in [4.69, 9.17) is 0 Å². The van der Waals surface area contributed by atoms with Crippen LogP contribution in [0.3, 0.4) is 0 Å². The minimum atomic E-state index is -0.378. The van der Waals surface area contributed by atoms with Crippen LogP contribution < -0.4 is 28.8 Å². The van der Waals surface area contributed by atoms with Crippen LogP contribution in [0.15, 0.2) is 46.4 Å². The standard InChI is InChI=1S/C12H14N.C7H9Si.2ClH.Ti/c1-12(2,3)10-8-13-11-7-5-4-6-9(10)11;1-8(2)7-5-3-4-6-7;;;/h4-7,13H,1-3H3;3-5H,1-2H3;2*1H;/q;;;;+2/p-2. The van der Waals surface area contributed by atoms with E-state index in [-0.39, 0.29) is 57.8 Å². The molecule has 126 valence electrons. The molecule has 1 aliphatic rings. The Labute approximate surface area is 168 Å². The Morgan fingerprint density at radius 2 is 1.71 bits per heavy atom. The second-order valence-electron chi connectivity index (χ2n) is 7.15. The second kappa shape index (κ2) is 8.33. The van der Waals surface area contributed by atoms with Crippen molar-refractivity contribution in [3.05, 3.63) is 51.9 Å². The van der Waals surface area contributed by atoms with Crippen LogP contribution in [0.2, 0.25) is 13.1 Å². The quantitative estimate of drug-likeness (QED) is 0.558. The Hall–Kier alpha value is -0.379. The van der Waals surface area contributed by atoms with Gasteiger partial charge in [-0.25, -0.2) is 0 Å². The molecular weight excluding hydrogens is 389 g/mol. The molecule has 0 unspecified atom stereocenters. The first-order valence-corrected chi connectivity index (χ1v) is 11.9. The fourth-order valence-corrected chi connectivity index (χ4v) is 7.94. The molecule has 0 radical (unpaired) electrons. The van der Waals surface area contributed by atoms with Crippen molar-refractivity contribution in [1.29, 1.82) is 0 Å². The first-order chi connectivity index (χ1) is 10.4. The van der Waals surface area contributed by atoms with E-state index in [1.807, 2.05) is 0 Å². The van der Waals surface area contributed by atoms with Crippen molar-refractivity contribution in [2.45, 2.75) is 39.3 Å². The maximum atomic E-state index is 3.74. The van der Waals surface area contributed by atoms with Crippen molar-refractivity contribution in [1.82, 2.24) is 4.98 Å². The molecular formula is C19H23Cl2NSiTi. The van der Waals surface area contributed by atoms with E-state index in [0.717, 1.165) is 0 Å². The number of nitrogens with one attached hydrogen (secondary N) is 1. The van der Waals surface area contributed by atoms with Gasteiger partial charge in [0, 0.05) is 0 Å². The summed E-state index contributed by atoms with van der Waals surface area (Å²) in [6.07, 6.45) is 6.93. The molecule has 3 rings (SSSR count). The summed E-state index contributed by atoms with van der Waals surface area (Å²) in [6, 6.07) is 8.76. The van der Waals surface area contributed by atoms with Crippen molar-refractivity contribution in [2.24, 2.45) is 0 Å². The number of rotatable bonds is 2. The van der Waals surface area contributed by atoms with Gasteiger partial charge >= 0.3 is 144 Å². The number of benzene rings is 1. The van der Waals surface area contributed by atoms with Gasteiger partial charge in [-0.2, -0.15) is 0 Å². The fourth-order valence-electron chi connectivity index (χ4n) is 3.11. The number of aromatic nitrogens is 1. The number of para-hydroxylation sites is 1. The fraction of sp³-hybridized carbons (Fsp3) is 0.316. The van der Waals surface area contributed by atoms with E-state index in [9.17, 15) is 0 Å². The predicted molar refractivity (Wildman–Crippen MR) is 96.3 cm³/mol. The van der Waals surface area contributed by atoms with Gasteiger partial charge in [0.15, 0.2) is 0 Å². The summed E-state index contributed by atoms with van der Waals surface area (Å²) in [4.78, 5) is 3.74. The van der Waals surface area contributed by atoms with Crippen LogP contribution in [0, 0.1) is 0 Å². The Kier molecular flexibility index (Phi) is 7.52. The maximum Gasteiger partial charge on any atom is -1.00 e. The van der Waals surface area contributed by atoms with Crippen molar-refractivity contribution in [2.75, 3.05) is 0 Å². The SMILES string of the molecule is C[Si](C)=C1C=CC=[C]1[Ti+2][c]1[nH]c2ccccc2c1C(C)(C)C.[Cl-].[Cl-]. The Bertz CT molecular complexity index is 821. The first-order valence-electron chi connectivity index (χ1n) is 7.82. The topological polar surface area (TPSA) is 15.8 Å². The van der Waals surface area contributed by atoms with E-state index < -0.39 is 0 Å². The Balaban J connectivity index is 0.00000144. The van der Waals surface area contributed by atoms with Crippen LogP contribution in [-0.2, 0) is 24.6 Å². The number of allylic oxidation sites excluding steroid dienone is 4. The molecule has 0 atom stereocenters. The van der Waals surface area contributed by atoms with Crippen LogP contribution in [0.25, 0.3) is 10.9 Å². The molecule has 1 N–H and O–H groups in total. The van der Waals surface area contributed by atoms with Gasteiger partial charge in [-0.05, 0) is 0 Å². The minimum Gasteiger partial charge on any atom is -1.00 e. The summed E-state index contributed by atoms with van der Waals surface area (Å²) in [5, 5.41) is 3.03. The predicted octanol–water partition coefficient (Wildman–Crippen LogP) is -1.86. The zero-order valence-corrected chi connectivity index (χ0v) is 18.9. The third kappa shape index (κ3) is 4.23. The molecule has 5 heteroatoms. The van der Waals surface area contributed by atoms with E-state index >= 15 is 0 Å². The Morgan fingerprint density at radius 3 is 2.33 bits per heavy atom. The van der Waals surface area contributed by atoms with Gasteiger partial charge < -0.3 is 24.8 Å². The molecule has 1 aromatic heterocycles. The summed E-state index contributed by atoms with van der Waals surface area (Å²) < 4.78 is 3.13. The largest absolute Gasteiger partial charge is 1.00 e. The van der Waals surface area contributed by atoms with Gasteiger partial charge in [0.2, 0.25) is 0 Å². The molecule has 1 nitrogen and oxygen atoms in total. The number of halogens is 2. The Morgan fingerprint density at radius 1 is 1.04 bits per heavy atom. The molecule has 2 aromatic rings. The number of H-pyrrole nitrogens is 1. The summed E-state index contributed by atoms with van der Waals surface area (Å²) in [7, 11) is -0.378. The molecule has 0 bridgehead atoms. The molecule has 0 saturated carbocycles. The van der Waals surface area contributed by atoms with Crippen LogP contribution in [0.1, 0.15) is 26.3 Å². The van der Waals surface area contributed by atoms with E-state index in [1.54, 1.807) is 9.05 Å². The van der Waals surface area contributed by atoms with Crippen molar-refractivity contribution < 1.29 is 44.0 Å². The minimum absolute atomic E-state index is 0. The molecule has 1 aromatic carbocycles. The van der Waals surface area contributed by atoms with E-state index in [0.29, 0.717) is 0 Å². The molecule has 0 spiro atoms. The first kappa shape index (κ1) is 21.7. The van der Waals surface area contributed by atoms with Gasteiger partial charge in [-0.1, -0.05) is 0 Å². The van der Waals surface area contributed by atoms with Gasteiger partial charge in [-0.15, -0.1) is 0 Å². The third-order valence-electron chi connectivity index (χ3n) is 4.07. The van der Waals surface area contributed by atoms with Crippen LogP contribution in [-0.4, -0.2) is 18.6 Å². The normalized spacial score (nSPS) is 13.2. The van der Waals surface area contributed by atoms with Gasteiger partial charge in [-0.3, -0.25) is 0 Å². The van der Waals surface area contributed by atoms with E-state index in [2.05, 4.69) is 81.3 Å². The molecule has 0 aliphatic heterocycles. The molecule has 1 heterocycles.